The predicted octanol–water partition coefficient (Wildman–Crippen LogP) is 2.52. The number of phenolic OH excluding ortho intramolecular Hbond substituents is 1. The first-order valence-corrected chi connectivity index (χ1v) is 7.38. The monoisotopic (exact) mass is 261 g/mol. The maximum absolute atomic E-state index is 9.65. The van der Waals surface area contributed by atoms with Gasteiger partial charge < -0.3 is 15.5 Å². The van der Waals surface area contributed by atoms with Crippen LogP contribution < -0.4 is 5.32 Å². The van der Waals surface area contributed by atoms with Crippen molar-refractivity contribution in [1.82, 2.24) is 5.32 Å². The third-order valence-electron chi connectivity index (χ3n) is 4.93. The highest BCUT2D eigenvalue weighted by molar-refractivity contribution is 5.40. The van der Waals surface area contributed by atoms with E-state index in [1.54, 1.807) is 6.07 Å². The maximum Gasteiger partial charge on any atom is 0.115 e. The molecule has 0 aromatic heterocycles. The molecule has 0 radical (unpaired) electrons. The molecular weight excluding hydrogens is 238 g/mol. The van der Waals surface area contributed by atoms with Crippen molar-refractivity contribution in [2.75, 3.05) is 13.2 Å². The first kappa shape index (κ1) is 12.9. The van der Waals surface area contributed by atoms with Gasteiger partial charge in [0.15, 0.2) is 0 Å². The third-order valence-corrected chi connectivity index (χ3v) is 4.93. The van der Waals surface area contributed by atoms with Crippen LogP contribution in [-0.4, -0.2) is 23.4 Å². The minimum absolute atomic E-state index is 0.111. The number of aliphatic hydroxyl groups excluding tert-OH is 1. The second kappa shape index (κ2) is 5.14. The number of benzene rings is 1. The molecule has 3 nitrogen and oxygen atoms in total. The summed E-state index contributed by atoms with van der Waals surface area (Å²) in [5, 5.41) is 22.8. The van der Waals surface area contributed by atoms with Crippen LogP contribution in [0.5, 0.6) is 5.75 Å². The van der Waals surface area contributed by atoms with E-state index >= 15 is 0 Å². The van der Waals surface area contributed by atoms with Crippen LogP contribution in [-0.2, 0) is 6.42 Å². The summed E-state index contributed by atoms with van der Waals surface area (Å²) in [5.41, 5.74) is 2.70. The average Bonchev–Trinajstić information content (AvgIpc) is 3.03. The van der Waals surface area contributed by atoms with E-state index in [-0.39, 0.29) is 5.41 Å². The fourth-order valence-electron chi connectivity index (χ4n) is 3.67. The van der Waals surface area contributed by atoms with E-state index in [1.807, 2.05) is 12.1 Å². The van der Waals surface area contributed by atoms with Crippen LogP contribution in [0.1, 0.15) is 49.3 Å². The average molecular weight is 261 g/mol. The van der Waals surface area contributed by atoms with Crippen LogP contribution in [0.15, 0.2) is 18.2 Å². The lowest BCUT2D eigenvalue weighted by Gasteiger charge is -2.29. The lowest BCUT2D eigenvalue weighted by Crippen LogP contribution is -2.36. The van der Waals surface area contributed by atoms with E-state index in [2.05, 4.69) is 5.32 Å². The molecule has 1 aromatic carbocycles. The molecule has 0 saturated heterocycles. The molecule has 19 heavy (non-hydrogen) atoms. The van der Waals surface area contributed by atoms with Crippen molar-refractivity contribution in [3.8, 4) is 5.75 Å². The van der Waals surface area contributed by atoms with E-state index in [0.29, 0.717) is 18.4 Å². The molecule has 1 saturated carbocycles. The molecule has 3 rings (SSSR count). The van der Waals surface area contributed by atoms with E-state index in [9.17, 15) is 10.2 Å². The highest BCUT2D eigenvalue weighted by atomic mass is 16.3. The van der Waals surface area contributed by atoms with Crippen LogP contribution in [0.25, 0.3) is 0 Å². The number of aliphatic hydroxyl groups is 1. The second-order valence-corrected chi connectivity index (χ2v) is 6.22. The highest BCUT2D eigenvalue weighted by Crippen LogP contribution is 2.39. The Morgan fingerprint density at radius 1 is 1.26 bits per heavy atom. The van der Waals surface area contributed by atoms with Crippen LogP contribution in [0.3, 0.4) is 0 Å². The van der Waals surface area contributed by atoms with Crippen molar-refractivity contribution in [2.45, 2.75) is 44.6 Å². The largest absolute Gasteiger partial charge is 0.508 e. The minimum atomic E-state index is 0.111. The minimum Gasteiger partial charge on any atom is -0.508 e. The van der Waals surface area contributed by atoms with Gasteiger partial charge in [0, 0.05) is 24.6 Å². The molecule has 2 aliphatic carbocycles. The van der Waals surface area contributed by atoms with Crippen LogP contribution in [0.4, 0.5) is 0 Å². The molecule has 1 unspecified atom stereocenters. The van der Waals surface area contributed by atoms with E-state index < -0.39 is 0 Å². The van der Waals surface area contributed by atoms with Crippen molar-refractivity contribution in [2.24, 2.45) is 5.41 Å². The van der Waals surface area contributed by atoms with Crippen molar-refractivity contribution in [3.05, 3.63) is 29.3 Å². The summed E-state index contributed by atoms with van der Waals surface area (Å²) < 4.78 is 0. The first-order chi connectivity index (χ1) is 9.22. The topological polar surface area (TPSA) is 52.5 Å². The Labute approximate surface area is 114 Å². The molecular formula is C16H23NO2. The number of rotatable bonds is 4. The third kappa shape index (κ3) is 2.49. The Balaban J connectivity index is 1.66. The fourth-order valence-corrected chi connectivity index (χ4v) is 3.67. The summed E-state index contributed by atoms with van der Waals surface area (Å²) in [4.78, 5) is 0. The number of nitrogens with one attached hydrogen (secondary N) is 1. The molecule has 0 bridgehead atoms. The van der Waals surface area contributed by atoms with Gasteiger partial charge in [0.25, 0.3) is 0 Å². The standard InChI is InChI=1S/C16H23NO2/c18-11-16(7-1-2-8-16)10-17-15-6-3-12-9-13(19)4-5-14(12)15/h4-5,9,15,17-19H,1-3,6-8,10-11H2. The second-order valence-electron chi connectivity index (χ2n) is 6.22. The van der Waals surface area contributed by atoms with Gasteiger partial charge in [-0.1, -0.05) is 18.9 Å². The number of hydrogen-bond donors (Lipinski definition) is 3. The van der Waals surface area contributed by atoms with Crippen LogP contribution in [0.2, 0.25) is 0 Å². The van der Waals surface area contributed by atoms with Gasteiger partial charge in [-0.3, -0.25) is 0 Å². The summed E-state index contributed by atoms with van der Waals surface area (Å²) in [6, 6.07) is 6.08. The highest BCUT2D eigenvalue weighted by Gasteiger charge is 2.34. The smallest absolute Gasteiger partial charge is 0.115 e. The molecule has 104 valence electrons. The summed E-state index contributed by atoms with van der Waals surface area (Å²) in [6.07, 6.45) is 6.92. The van der Waals surface area contributed by atoms with Crippen LogP contribution >= 0.6 is 0 Å². The molecule has 3 N–H and O–H groups in total. The quantitative estimate of drug-likeness (QED) is 0.780. The zero-order chi connectivity index (χ0) is 13.3. The Morgan fingerprint density at radius 2 is 2.05 bits per heavy atom. The molecule has 0 amide bonds. The van der Waals surface area contributed by atoms with Gasteiger partial charge in [-0.2, -0.15) is 0 Å². The molecule has 2 aliphatic rings. The van der Waals surface area contributed by atoms with Crippen LogP contribution in [0, 0.1) is 5.41 Å². The van der Waals surface area contributed by atoms with Gasteiger partial charge in [-0.15, -0.1) is 0 Å². The fraction of sp³-hybridized carbons (Fsp3) is 0.625. The van der Waals surface area contributed by atoms with Gasteiger partial charge in [0.05, 0.1) is 0 Å². The zero-order valence-corrected chi connectivity index (χ0v) is 11.4. The summed E-state index contributed by atoms with van der Waals surface area (Å²) >= 11 is 0. The lowest BCUT2D eigenvalue weighted by atomic mass is 9.87. The number of aromatic hydroxyl groups is 1. The Kier molecular flexibility index (Phi) is 3.50. The van der Waals surface area contributed by atoms with Crippen molar-refractivity contribution < 1.29 is 10.2 Å². The van der Waals surface area contributed by atoms with Gasteiger partial charge in [-0.25, -0.2) is 0 Å². The van der Waals surface area contributed by atoms with E-state index in [4.69, 9.17) is 0 Å². The van der Waals surface area contributed by atoms with Crippen molar-refractivity contribution in [1.29, 1.82) is 0 Å². The summed E-state index contributed by atoms with van der Waals surface area (Å²) in [5.74, 6) is 0.363. The predicted molar refractivity (Wildman–Crippen MR) is 75.2 cm³/mol. The molecule has 0 spiro atoms. The van der Waals surface area contributed by atoms with Crippen molar-refractivity contribution in [3.63, 3.8) is 0 Å². The SMILES string of the molecule is OCC1(CNC2CCc3cc(O)ccc32)CCCC1. The zero-order valence-electron chi connectivity index (χ0n) is 11.4. The molecule has 1 aromatic rings. The molecule has 0 heterocycles. The Hall–Kier alpha value is -1.06. The van der Waals surface area contributed by atoms with Crippen molar-refractivity contribution >= 4 is 0 Å². The lowest BCUT2D eigenvalue weighted by molar-refractivity contribution is 0.124. The van der Waals surface area contributed by atoms with Gasteiger partial charge in [0.1, 0.15) is 5.75 Å². The Bertz CT molecular complexity index is 452. The van der Waals surface area contributed by atoms with Gasteiger partial charge >= 0.3 is 0 Å². The molecule has 1 fully saturated rings. The number of aryl methyl sites for hydroxylation is 1. The number of phenols is 1. The molecule has 3 heteroatoms. The normalized spacial score (nSPS) is 24.6. The Morgan fingerprint density at radius 3 is 2.79 bits per heavy atom. The van der Waals surface area contributed by atoms with Gasteiger partial charge in [-0.05, 0) is 48.9 Å². The molecule has 1 atom stereocenters. The first-order valence-electron chi connectivity index (χ1n) is 7.38. The summed E-state index contributed by atoms with van der Waals surface area (Å²) in [7, 11) is 0. The van der Waals surface area contributed by atoms with Gasteiger partial charge in [0.2, 0.25) is 0 Å². The van der Waals surface area contributed by atoms with E-state index in [1.165, 1.54) is 24.0 Å². The maximum atomic E-state index is 9.65. The molecule has 0 aliphatic heterocycles. The summed E-state index contributed by atoms with van der Waals surface area (Å²) in [6.45, 7) is 1.21. The number of fused-ring (bicyclic) bond motifs is 1. The van der Waals surface area contributed by atoms with E-state index in [0.717, 1.165) is 32.2 Å². The number of hydrogen-bond acceptors (Lipinski definition) is 3.